The van der Waals surface area contributed by atoms with Crippen molar-refractivity contribution in [3.63, 3.8) is 0 Å². The van der Waals surface area contributed by atoms with E-state index in [4.69, 9.17) is 18.9 Å². The molecule has 1 unspecified atom stereocenters. The summed E-state index contributed by atoms with van der Waals surface area (Å²) in [6.45, 7) is 17.8. The SMILES string of the molecule is CC(C)=CCC[C@@](C)(O)[C@H]1CC[C@]2(C)[C@@H]1[C@H](O)C[C@@H]1[C@@]3(C)CC[C@H](O)C(C)(C)[C@@H]3[C@@H](OC3O[C@H](CO)[C@@H](O)[C@H](O)[C@H]3O[C@H]3O[C@@H](C)[C@H](O)[C@@H](O)[C@@H]3O)C[C@]12C. The van der Waals surface area contributed by atoms with Gasteiger partial charge in [-0.1, -0.05) is 46.3 Å². The van der Waals surface area contributed by atoms with Crippen molar-refractivity contribution in [2.24, 2.45) is 45.3 Å². The zero-order chi connectivity index (χ0) is 40.8. The minimum atomic E-state index is -1.70. The second kappa shape index (κ2) is 15.4. The minimum absolute atomic E-state index is 0.0411. The summed E-state index contributed by atoms with van der Waals surface area (Å²) in [6.07, 6.45) is -8.99. The van der Waals surface area contributed by atoms with E-state index in [9.17, 15) is 46.0 Å². The molecule has 0 radical (unpaired) electrons. The van der Waals surface area contributed by atoms with Crippen molar-refractivity contribution >= 4 is 0 Å². The predicted molar refractivity (Wildman–Crippen MR) is 201 cm³/mol. The van der Waals surface area contributed by atoms with Gasteiger partial charge in [-0.2, -0.15) is 0 Å². The van der Waals surface area contributed by atoms with E-state index in [1.807, 2.05) is 20.8 Å². The molecule has 0 spiro atoms. The molecular weight excluding hydrogens is 712 g/mol. The van der Waals surface area contributed by atoms with Crippen LogP contribution in [0.2, 0.25) is 0 Å². The molecule has 6 fully saturated rings. The van der Waals surface area contributed by atoms with Crippen molar-refractivity contribution in [2.75, 3.05) is 6.61 Å². The summed E-state index contributed by atoms with van der Waals surface area (Å²) in [7, 11) is 0. The number of aliphatic hydroxyl groups excluding tert-OH is 8. The Kier molecular flexibility index (Phi) is 12.2. The Morgan fingerprint density at radius 1 is 0.818 bits per heavy atom. The van der Waals surface area contributed by atoms with Gasteiger partial charge in [-0.15, -0.1) is 0 Å². The zero-order valence-corrected chi connectivity index (χ0v) is 34.4. The summed E-state index contributed by atoms with van der Waals surface area (Å²) >= 11 is 0. The van der Waals surface area contributed by atoms with Gasteiger partial charge in [-0.05, 0) is 124 Å². The van der Waals surface area contributed by atoms with Crippen LogP contribution in [-0.4, -0.2) is 138 Å². The summed E-state index contributed by atoms with van der Waals surface area (Å²) in [5.74, 6) is -0.526. The Hall–Kier alpha value is -0.780. The molecule has 2 aliphatic heterocycles. The van der Waals surface area contributed by atoms with Gasteiger partial charge in [-0.25, -0.2) is 0 Å². The lowest BCUT2D eigenvalue weighted by molar-refractivity contribution is -0.382. The van der Waals surface area contributed by atoms with Crippen LogP contribution in [0.5, 0.6) is 0 Å². The van der Waals surface area contributed by atoms with E-state index < -0.39 is 114 Å². The van der Waals surface area contributed by atoms with Crippen LogP contribution in [0, 0.1) is 45.3 Å². The lowest BCUT2D eigenvalue weighted by atomic mass is 9.34. The van der Waals surface area contributed by atoms with Gasteiger partial charge in [0.1, 0.15) is 42.7 Å². The smallest absolute Gasteiger partial charge is 0.187 e. The van der Waals surface area contributed by atoms with Crippen molar-refractivity contribution < 1.29 is 64.9 Å². The maximum atomic E-state index is 12.3. The van der Waals surface area contributed by atoms with Crippen LogP contribution < -0.4 is 0 Å². The number of rotatable bonds is 9. The lowest BCUT2D eigenvalue weighted by Crippen LogP contribution is -2.71. The average molecular weight is 785 g/mol. The summed E-state index contributed by atoms with van der Waals surface area (Å²) in [6, 6.07) is 0. The molecule has 6 aliphatic rings. The molecule has 0 bridgehead atoms. The standard InChI is InChI=1S/C42H72O13/c1-20(2)11-10-14-42(9,51)22-12-16-40(7)28(22)23(44)17-26-39(6)15-13-27(45)38(4,5)35(39)24(18-41(26,40)8)53-37-34(32(49)30(47)25(19-43)54-37)55-36-33(50)31(48)29(46)21(3)52-36/h11,21-37,43-51H,10,12-19H2,1-9H3/t21-,22-,23+,24-,25+,26+,27-,28-,29-,30+,31+,32-,33-,34+,35-,36+,37?,39+,40+,41+,42+/m0/s1. The molecular formula is C42H72O13. The quantitative estimate of drug-likeness (QED) is 0.121. The summed E-state index contributed by atoms with van der Waals surface area (Å²) in [4.78, 5) is 0. The second-order valence-electron chi connectivity index (χ2n) is 20.3. The van der Waals surface area contributed by atoms with Gasteiger partial charge in [0.05, 0.1) is 36.6 Å². The number of fused-ring (bicyclic) bond motifs is 5. The largest absolute Gasteiger partial charge is 0.394 e. The number of aliphatic hydroxyl groups is 9. The highest BCUT2D eigenvalue weighted by Crippen LogP contribution is 2.76. The first-order valence-electron chi connectivity index (χ1n) is 20.8. The highest BCUT2D eigenvalue weighted by molar-refractivity contribution is 5.22. The van der Waals surface area contributed by atoms with Gasteiger partial charge < -0.3 is 64.9 Å². The van der Waals surface area contributed by atoms with E-state index in [1.165, 1.54) is 12.5 Å². The fourth-order valence-electron chi connectivity index (χ4n) is 13.3. The normalized spacial score (nSPS) is 53.4. The van der Waals surface area contributed by atoms with Crippen LogP contribution >= 0.6 is 0 Å². The molecule has 4 saturated carbocycles. The molecule has 0 amide bonds. The highest BCUT2D eigenvalue weighted by Gasteiger charge is 2.73. The van der Waals surface area contributed by atoms with Crippen molar-refractivity contribution in [1.82, 2.24) is 0 Å². The molecule has 318 valence electrons. The molecule has 6 rings (SSSR count). The maximum Gasteiger partial charge on any atom is 0.187 e. The summed E-state index contributed by atoms with van der Waals surface area (Å²) in [5.41, 5.74) is -1.71. The van der Waals surface area contributed by atoms with Crippen LogP contribution in [0.1, 0.15) is 114 Å². The third-order valence-electron chi connectivity index (χ3n) is 16.5. The molecule has 0 aromatic rings. The Labute approximate surface area is 327 Å². The third-order valence-corrected chi connectivity index (χ3v) is 16.5. The Morgan fingerprint density at radius 3 is 2.13 bits per heavy atom. The topological polar surface area (TPSA) is 219 Å². The molecule has 2 heterocycles. The van der Waals surface area contributed by atoms with E-state index in [1.54, 1.807) is 0 Å². The van der Waals surface area contributed by atoms with Crippen LogP contribution in [0.4, 0.5) is 0 Å². The molecule has 13 heteroatoms. The fourth-order valence-corrected chi connectivity index (χ4v) is 13.3. The maximum absolute atomic E-state index is 12.3. The highest BCUT2D eigenvalue weighted by atomic mass is 16.8. The van der Waals surface area contributed by atoms with E-state index in [-0.39, 0.29) is 23.7 Å². The Morgan fingerprint density at radius 2 is 1.49 bits per heavy atom. The van der Waals surface area contributed by atoms with E-state index in [2.05, 4.69) is 40.7 Å². The summed E-state index contributed by atoms with van der Waals surface area (Å²) in [5, 5.41) is 100. The molecule has 55 heavy (non-hydrogen) atoms. The molecule has 13 nitrogen and oxygen atoms in total. The van der Waals surface area contributed by atoms with Gasteiger partial charge in [0.15, 0.2) is 12.6 Å². The van der Waals surface area contributed by atoms with Crippen LogP contribution in [0.3, 0.4) is 0 Å². The fraction of sp³-hybridized carbons (Fsp3) is 0.952. The second-order valence-corrected chi connectivity index (χ2v) is 20.3. The molecule has 4 aliphatic carbocycles. The molecule has 21 atom stereocenters. The number of hydrogen-bond acceptors (Lipinski definition) is 13. The Bertz CT molecular complexity index is 1390. The van der Waals surface area contributed by atoms with Gasteiger partial charge in [0, 0.05) is 0 Å². The number of hydrogen-bond donors (Lipinski definition) is 9. The Balaban J connectivity index is 1.38. The van der Waals surface area contributed by atoms with Crippen LogP contribution in [-0.2, 0) is 18.9 Å². The van der Waals surface area contributed by atoms with Crippen LogP contribution in [0.15, 0.2) is 11.6 Å². The minimum Gasteiger partial charge on any atom is -0.394 e. The van der Waals surface area contributed by atoms with Gasteiger partial charge in [0.2, 0.25) is 0 Å². The van der Waals surface area contributed by atoms with E-state index >= 15 is 0 Å². The van der Waals surface area contributed by atoms with Gasteiger partial charge in [-0.3, -0.25) is 0 Å². The van der Waals surface area contributed by atoms with Crippen molar-refractivity contribution in [1.29, 1.82) is 0 Å². The molecule has 9 N–H and O–H groups in total. The summed E-state index contributed by atoms with van der Waals surface area (Å²) < 4.78 is 25.1. The first kappa shape index (κ1) is 43.8. The molecule has 0 aromatic heterocycles. The van der Waals surface area contributed by atoms with Gasteiger partial charge in [0.25, 0.3) is 0 Å². The number of allylic oxidation sites excluding steroid dienone is 2. The first-order chi connectivity index (χ1) is 25.5. The predicted octanol–water partition coefficient (Wildman–Crippen LogP) is 2.15. The molecule has 2 saturated heterocycles. The number of ether oxygens (including phenoxy) is 4. The van der Waals surface area contributed by atoms with E-state index in [0.717, 1.165) is 19.3 Å². The van der Waals surface area contributed by atoms with Crippen molar-refractivity contribution in [3.05, 3.63) is 11.6 Å². The van der Waals surface area contributed by atoms with Crippen LogP contribution in [0.25, 0.3) is 0 Å². The van der Waals surface area contributed by atoms with Crippen molar-refractivity contribution in [3.8, 4) is 0 Å². The van der Waals surface area contributed by atoms with Crippen molar-refractivity contribution in [2.45, 2.75) is 199 Å². The lowest BCUT2D eigenvalue weighted by Gasteiger charge is -2.72. The van der Waals surface area contributed by atoms with E-state index in [0.29, 0.717) is 32.1 Å². The third kappa shape index (κ3) is 7.10. The average Bonchev–Trinajstić information content (AvgIpc) is 3.49. The monoisotopic (exact) mass is 784 g/mol. The zero-order valence-electron chi connectivity index (χ0n) is 34.4. The molecule has 0 aromatic carbocycles. The van der Waals surface area contributed by atoms with Gasteiger partial charge >= 0.3 is 0 Å². The first-order valence-corrected chi connectivity index (χ1v) is 20.8.